The van der Waals surface area contributed by atoms with Crippen molar-refractivity contribution in [3.63, 3.8) is 0 Å². The van der Waals surface area contributed by atoms with E-state index in [0.29, 0.717) is 11.7 Å². The minimum atomic E-state index is -0.596. The van der Waals surface area contributed by atoms with Gasteiger partial charge in [-0.05, 0) is 12.5 Å². The van der Waals surface area contributed by atoms with Gasteiger partial charge in [-0.3, -0.25) is 15.2 Å². The zero-order valence-corrected chi connectivity index (χ0v) is 12.2. The molecule has 110 valence electrons. The van der Waals surface area contributed by atoms with Crippen LogP contribution in [-0.4, -0.2) is 33.7 Å². The number of benzene rings is 1. The van der Waals surface area contributed by atoms with Gasteiger partial charge in [0, 0.05) is 6.54 Å². The van der Waals surface area contributed by atoms with Crippen molar-refractivity contribution in [2.75, 3.05) is 6.54 Å². The van der Waals surface area contributed by atoms with E-state index in [2.05, 4.69) is 25.8 Å². The van der Waals surface area contributed by atoms with Crippen LogP contribution in [0.25, 0.3) is 0 Å². The Bertz CT molecular complexity index is 588. The van der Waals surface area contributed by atoms with Crippen LogP contribution in [0.1, 0.15) is 17.7 Å². The van der Waals surface area contributed by atoms with Crippen LogP contribution in [0, 0.1) is 0 Å². The molecule has 1 atom stereocenters. The molecule has 0 saturated carbocycles. The second-order valence-corrected chi connectivity index (χ2v) is 5.14. The molecule has 1 heterocycles. The van der Waals surface area contributed by atoms with Gasteiger partial charge in [0.05, 0.1) is 0 Å². The average Bonchev–Trinajstić information content (AvgIpc) is 2.99. The fraction of sp³-hybridized carbons (Fsp3) is 0.231. The highest BCUT2D eigenvalue weighted by Crippen LogP contribution is 2.32. The lowest BCUT2D eigenvalue weighted by molar-refractivity contribution is -0.119. The van der Waals surface area contributed by atoms with E-state index in [-0.39, 0.29) is 0 Å². The number of aromatic amines is 1. The highest BCUT2D eigenvalue weighted by molar-refractivity contribution is 8.00. The summed E-state index contributed by atoms with van der Waals surface area (Å²) in [6, 6.07) is 8.67. The number of nitrogens with zero attached hydrogens (tertiary/aromatic N) is 2. The largest absolute Gasteiger partial charge is 0.338 e. The van der Waals surface area contributed by atoms with E-state index in [1.54, 1.807) is 6.92 Å². The molecule has 21 heavy (non-hydrogen) atoms. The van der Waals surface area contributed by atoms with Gasteiger partial charge in [-0.25, -0.2) is 9.78 Å². The minimum Gasteiger partial charge on any atom is -0.338 e. The first-order valence-corrected chi connectivity index (χ1v) is 7.24. The highest BCUT2D eigenvalue weighted by Gasteiger charge is 2.24. The number of carbonyl (C=O) groups is 2. The first-order chi connectivity index (χ1) is 10.2. The molecule has 0 aliphatic rings. The monoisotopic (exact) mass is 305 g/mol. The molecule has 1 aromatic carbocycles. The molecule has 8 heteroatoms. The lowest BCUT2D eigenvalue weighted by atomic mass is 10.1. The van der Waals surface area contributed by atoms with Crippen molar-refractivity contribution in [2.45, 2.75) is 17.3 Å². The van der Waals surface area contributed by atoms with Crippen molar-refractivity contribution in [1.82, 2.24) is 25.8 Å². The van der Waals surface area contributed by atoms with Gasteiger partial charge in [0.15, 0.2) is 5.16 Å². The summed E-state index contributed by atoms with van der Waals surface area (Å²) in [7, 11) is 0. The van der Waals surface area contributed by atoms with Crippen LogP contribution in [0.2, 0.25) is 0 Å². The number of amides is 3. The molecular weight excluding hydrogens is 290 g/mol. The summed E-state index contributed by atoms with van der Waals surface area (Å²) in [5.41, 5.74) is 0.778. The first kappa shape index (κ1) is 15.0. The molecule has 0 radical (unpaired) electrons. The third-order valence-electron chi connectivity index (χ3n) is 2.54. The maximum atomic E-state index is 12.3. The standard InChI is InChI=1S/C13H15N5O2S/c1-2-14-12(20)17-11(19)10(9-6-4-3-5-7-9)21-13-15-8-16-18-13/h3-8,10H,2H2,1H3,(H,15,16,18)(H2,14,17,19,20)/t10-/m1/s1. The number of nitrogens with one attached hydrogen (secondary N) is 3. The van der Waals surface area contributed by atoms with Gasteiger partial charge in [-0.15, -0.1) is 0 Å². The summed E-state index contributed by atoms with van der Waals surface area (Å²) in [6.45, 7) is 2.23. The summed E-state index contributed by atoms with van der Waals surface area (Å²) in [4.78, 5) is 27.8. The second kappa shape index (κ2) is 7.44. The maximum Gasteiger partial charge on any atom is 0.321 e. The molecule has 2 aromatic rings. The number of hydrogen-bond donors (Lipinski definition) is 3. The molecule has 0 aliphatic carbocycles. The number of aromatic nitrogens is 3. The van der Waals surface area contributed by atoms with Gasteiger partial charge < -0.3 is 5.32 Å². The van der Waals surface area contributed by atoms with Crippen molar-refractivity contribution in [2.24, 2.45) is 0 Å². The lowest BCUT2D eigenvalue weighted by Crippen LogP contribution is -2.41. The van der Waals surface area contributed by atoms with Gasteiger partial charge >= 0.3 is 6.03 Å². The van der Waals surface area contributed by atoms with E-state index in [0.717, 1.165) is 5.56 Å². The van der Waals surface area contributed by atoms with Crippen LogP contribution in [0.4, 0.5) is 4.79 Å². The number of urea groups is 1. The third-order valence-corrected chi connectivity index (χ3v) is 3.68. The number of H-pyrrole nitrogens is 1. The average molecular weight is 305 g/mol. The summed E-state index contributed by atoms with van der Waals surface area (Å²) < 4.78 is 0. The smallest absolute Gasteiger partial charge is 0.321 e. The quantitative estimate of drug-likeness (QED) is 0.727. The summed E-state index contributed by atoms with van der Waals surface area (Å²) >= 11 is 1.20. The number of rotatable bonds is 5. The molecule has 0 spiro atoms. The summed E-state index contributed by atoms with van der Waals surface area (Å²) in [5.74, 6) is -0.409. The molecule has 0 aliphatic heterocycles. The number of imide groups is 1. The third kappa shape index (κ3) is 4.32. The number of carbonyl (C=O) groups excluding carboxylic acids is 2. The predicted octanol–water partition coefficient (Wildman–Crippen LogP) is 1.48. The zero-order chi connectivity index (χ0) is 15.1. The Hall–Kier alpha value is -2.35. The molecule has 0 unspecified atom stereocenters. The Morgan fingerprint density at radius 3 is 2.71 bits per heavy atom. The van der Waals surface area contributed by atoms with E-state index in [1.165, 1.54) is 18.1 Å². The van der Waals surface area contributed by atoms with E-state index in [4.69, 9.17) is 0 Å². The lowest BCUT2D eigenvalue weighted by Gasteiger charge is -2.15. The summed E-state index contributed by atoms with van der Waals surface area (Å²) in [6.07, 6.45) is 1.37. The molecular formula is C13H15N5O2S. The second-order valence-electron chi connectivity index (χ2n) is 4.05. The van der Waals surface area contributed by atoms with Crippen LogP contribution < -0.4 is 10.6 Å². The Labute approximate surface area is 125 Å². The molecule has 0 saturated heterocycles. The fourth-order valence-corrected chi connectivity index (χ4v) is 2.54. The number of hydrogen-bond acceptors (Lipinski definition) is 5. The zero-order valence-electron chi connectivity index (χ0n) is 11.4. The van der Waals surface area contributed by atoms with Gasteiger partial charge in [0.1, 0.15) is 11.6 Å². The van der Waals surface area contributed by atoms with Crippen molar-refractivity contribution < 1.29 is 9.59 Å². The Morgan fingerprint density at radius 1 is 1.33 bits per heavy atom. The molecule has 2 rings (SSSR count). The Morgan fingerprint density at radius 2 is 2.10 bits per heavy atom. The van der Waals surface area contributed by atoms with Crippen LogP contribution in [0.15, 0.2) is 41.8 Å². The van der Waals surface area contributed by atoms with Gasteiger partial charge in [0.2, 0.25) is 5.91 Å². The topological polar surface area (TPSA) is 99.8 Å². The van der Waals surface area contributed by atoms with E-state index >= 15 is 0 Å². The summed E-state index contributed by atoms with van der Waals surface area (Å²) in [5, 5.41) is 11.2. The van der Waals surface area contributed by atoms with Crippen molar-refractivity contribution in [3.05, 3.63) is 42.2 Å². The SMILES string of the molecule is CCNC(=O)NC(=O)[C@H](Sc1ncn[nH]1)c1ccccc1. The molecule has 0 fully saturated rings. The minimum absolute atomic E-state index is 0.409. The molecule has 3 amide bonds. The van der Waals surface area contributed by atoms with E-state index in [9.17, 15) is 9.59 Å². The molecule has 0 bridgehead atoms. The van der Waals surface area contributed by atoms with Crippen LogP contribution in [-0.2, 0) is 4.79 Å². The van der Waals surface area contributed by atoms with E-state index < -0.39 is 17.2 Å². The Balaban J connectivity index is 2.15. The van der Waals surface area contributed by atoms with Crippen LogP contribution in [0.5, 0.6) is 0 Å². The highest BCUT2D eigenvalue weighted by atomic mass is 32.2. The van der Waals surface area contributed by atoms with Gasteiger partial charge in [-0.1, -0.05) is 42.1 Å². The number of thioether (sulfide) groups is 1. The Kier molecular flexibility index (Phi) is 5.33. The fourth-order valence-electron chi connectivity index (χ4n) is 1.65. The van der Waals surface area contributed by atoms with Crippen molar-refractivity contribution >= 4 is 23.7 Å². The van der Waals surface area contributed by atoms with Gasteiger partial charge in [-0.2, -0.15) is 5.10 Å². The van der Waals surface area contributed by atoms with E-state index in [1.807, 2.05) is 30.3 Å². The van der Waals surface area contributed by atoms with Crippen LogP contribution >= 0.6 is 11.8 Å². The predicted molar refractivity (Wildman–Crippen MR) is 78.6 cm³/mol. The normalized spacial score (nSPS) is 11.7. The molecule has 7 nitrogen and oxygen atoms in total. The van der Waals surface area contributed by atoms with Crippen molar-refractivity contribution in [3.8, 4) is 0 Å². The van der Waals surface area contributed by atoms with Gasteiger partial charge in [0.25, 0.3) is 0 Å². The van der Waals surface area contributed by atoms with Crippen LogP contribution in [0.3, 0.4) is 0 Å². The first-order valence-electron chi connectivity index (χ1n) is 6.36. The molecule has 3 N–H and O–H groups in total. The molecule has 1 aromatic heterocycles. The maximum absolute atomic E-state index is 12.3. The van der Waals surface area contributed by atoms with Crippen molar-refractivity contribution in [1.29, 1.82) is 0 Å².